The lowest BCUT2D eigenvalue weighted by molar-refractivity contribution is -0.142. The third-order valence-electron chi connectivity index (χ3n) is 5.99. The number of rotatable bonds is 7. The highest BCUT2D eigenvalue weighted by Crippen LogP contribution is 2.44. The van der Waals surface area contributed by atoms with E-state index in [2.05, 4.69) is 15.7 Å². The zero-order valence-corrected chi connectivity index (χ0v) is 19.4. The molecule has 0 saturated carbocycles. The molecule has 0 unspecified atom stereocenters. The van der Waals surface area contributed by atoms with Crippen molar-refractivity contribution in [2.45, 2.75) is 70.5 Å². The molecule has 2 amide bonds. The largest absolute Gasteiger partial charge is 0.435 e. The fourth-order valence-electron chi connectivity index (χ4n) is 4.46. The second kappa shape index (κ2) is 10.3. The van der Waals surface area contributed by atoms with Gasteiger partial charge in [-0.25, -0.2) is 4.79 Å². The number of hydrogen-bond donors (Lipinski definition) is 3. The summed E-state index contributed by atoms with van der Waals surface area (Å²) in [5.41, 5.74) is 0.602. The molecule has 0 aliphatic heterocycles. The van der Waals surface area contributed by atoms with E-state index in [0.29, 0.717) is 42.8 Å². The van der Waals surface area contributed by atoms with Crippen LogP contribution in [0.3, 0.4) is 0 Å². The van der Waals surface area contributed by atoms with Gasteiger partial charge in [0.05, 0.1) is 0 Å². The molecule has 0 bridgehead atoms. The van der Waals surface area contributed by atoms with E-state index in [0.717, 1.165) is 40.8 Å². The number of ether oxygens (including phenoxy) is 1. The number of aryl methyl sites for hydroxylation is 1. The number of carbonyl (C=O) groups excluding carboxylic acids is 2. The lowest BCUT2D eigenvalue weighted by Gasteiger charge is -2.15. The number of nitrogens with one attached hydrogen (secondary N) is 2. The minimum Gasteiger partial charge on any atom is -0.407 e. The van der Waals surface area contributed by atoms with Gasteiger partial charge in [0.15, 0.2) is 11.4 Å². The molecule has 2 aliphatic rings. The predicted octanol–water partition coefficient (Wildman–Crippen LogP) is 3.83. The van der Waals surface area contributed by atoms with Crippen molar-refractivity contribution in [2.75, 3.05) is 18.5 Å². The summed E-state index contributed by atoms with van der Waals surface area (Å²) in [6, 6.07) is 0. The van der Waals surface area contributed by atoms with Crippen molar-refractivity contribution in [1.29, 1.82) is 0 Å². The minimum atomic E-state index is -4.57. The summed E-state index contributed by atoms with van der Waals surface area (Å²) in [4.78, 5) is 26.1. The van der Waals surface area contributed by atoms with Gasteiger partial charge in [0.25, 0.3) is 0 Å². The lowest BCUT2D eigenvalue weighted by Crippen LogP contribution is -2.29. The second-order valence-electron chi connectivity index (χ2n) is 8.45. The zero-order chi connectivity index (χ0) is 24.3. The number of halogens is 3. The number of amides is 2. The van der Waals surface area contributed by atoms with E-state index in [9.17, 15) is 22.8 Å². The van der Waals surface area contributed by atoms with Crippen LogP contribution < -0.4 is 15.4 Å². The second-order valence-corrected chi connectivity index (χ2v) is 9.55. The number of aromatic nitrogens is 2. The first kappa shape index (κ1) is 24.5. The number of aliphatic hydroxyl groups is 1. The first-order valence-corrected chi connectivity index (χ1v) is 12.3. The van der Waals surface area contributed by atoms with E-state index >= 15 is 0 Å². The average Bonchev–Trinajstić information content (AvgIpc) is 3.32. The molecule has 8 nitrogen and oxygen atoms in total. The third kappa shape index (κ3) is 5.38. The Kier molecular flexibility index (Phi) is 7.46. The van der Waals surface area contributed by atoms with Crippen LogP contribution in [0.4, 0.5) is 23.0 Å². The maximum Gasteiger partial charge on any atom is 0.435 e. The van der Waals surface area contributed by atoms with Crippen molar-refractivity contribution >= 4 is 28.3 Å². The van der Waals surface area contributed by atoms with E-state index in [1.807, 2.05) is 0 Å². The van der Waals surface area contributed by atoms with Gasteiger partial charge in [-0.1, -0.05) is 0 Å². The molecule has 2 heterocycles. The SMILES string of the molecule is O=C(Cn1nc(C(F)(F)F)c2c1CCCC2)Nc1sc2c(c1OC(=O)NCCCO)CCCC2. The first-order chi connectivity index (χ1) is 16.3. The van der Waals surface area contributed by atoms with Gasteiger partial charge < -0.3 is 20.5 Å². The monoisotopic (exact) mass is 500 g/mol. The van der Waals surface area contributed by atoms with Crippen LogP contribution in [0, 0.1) is 0 Å². The van der Waals surface area contributed by atoms with Gasteiger partial charge in [-0.05, 0) is 57.8 Å². The molecule has 0 atom stereocenters. The highest BCUT2D eigenvalue weighted by atomic mass is 32.1. The molecule has 4 rings (SSSR count). The number of nitrogens with zero attached hydrogens (tertiary/aromatic N) is 2. The van der Waals surface area contributed by atoms with Gasteiger partial charge in [-0.3, -0.25) is 9.48 Å². The third-order valence-corrected chi connectivity index (χ3v) is 7.18. The molecule has 12 heteroatoms. The number of fused-ring (bicyclic) bond motifs is 2. The van der Waals surface area contributed by atoms with E-state index in [-0.39, 0.29) is 31.0 Å². The van der Waals surface area contributed by atoms with Crippen molar-refractivity contribution in [3.05, 3.63) is 27.4 Å². The molecule has 34 heavy (non-hydrogen) atoms. The van der Waals surface area contributed by atoms with Crippen LogP contribution >= 0.6 is 11.3 Å². The van der Waals surface area contributed by atoms with Gasteiger partial charge in [0.1, 0.15) is 11.5 Å². The van der Waals surface area contributed by atoms with Crippen LogP contribution in [-0.4, -0.2) is 40.0 Å². The van der Waals surface area contributed by atoms with Crippen LogP contribution in [0.5, 0.6) is 5.75 Å². The number of hydrogen-bond acceptors (Lipinski definition) is 6. The van der Waals surface area contributed by atoms with Crippen molar-refractivity contribution in [3.8, 4) is 5.75 Å². The highest BCUT2D eigenvalue weighted by Gasteiger charge is 2.39. The number of carbonyl (C=O) groups is 2. The van der Waals surface area contributed by atoms with Crippen LogP contribution in [0.25, 0.3) is 0 Å². The van der Waals surface area contributed by atoms with Gasteiger partial charge in [-0.15, -0.1) is 11.3 Å². The average molecular weight is 501 g/mol. The molecule has 0 aromatic carbocycles. The Morgan fingerprint density at radius 1 is 1.09 bits per heavy atom. The molecule has 0 radical (unpaired) electrons. The van der Waals surface area contributed by atoms with Gasteiger partial charge >= 0.3 is 12.3 Å². The maximum atomic E-state index is 13.4. The Morgan fingerprint density at radius 3 is 2.53 bits per heavy atom. The van der Waals surface area contributed by atoms with Crippen molar-refractivity contribution < 1.29 is 32.6 Å². The summed E-state index contributed by atoms with van der Waals surface area (Å²) >= 11 is 1.32. The zero-order valence-electron chi connectivity index (χ0n) is 18.6. The van der Waals surface area contributed by atoms with E-state index in [4.69, 9.17) is 9.84 Å². The Hall–Kier alpha value is -2.60. The van der Waals surface area contributed by atoms with Crippen molar-refractivity contribution in [2.24, 2.45) is 0 Å². The summed E-state index contributed by atoms with van der Waals surface area (Å²) in [5.74, 6) is -0.248. The Bertz CT molecular complexity index is 1060. The first-order valence-electron chi connectivity index (χ1n) is 11.4. The molecular formula is C22H27F3N4O4S. The van der Waals surface area contributed by atoms with Gasteiger partial charge in [0, 0.05) is 34.8 Å². The molecule has 0 spiro atoms. The summed E-state index contributed by atoms with van der Waals surface area (Å²) in [7, 11) is 0. The van der Waals surface area contributed by atoms with Crippen LogP contribution in [0.2, 0.25) is 0 Å². The minimum absolute atomic E-state index is 0.0668. The summed E-state index contributed by atoms with van der Waals surface area (Å²) in [6.07, 6.45) is 0.716. The van der Waals surface area contributed by atoms with Crippen molar-refractivity contribution in [3.63, 3.8) is 0 Å². The van der Waals surface area contributed by atoms with Crippen LogP contribution in [0.1, 0.15) is 59.5 Å². The van der Waals surface area contributed by atoms with Gasteiger partial charge in [-0.2, -0.15) is 18.3 Å². The lowest BCUT2D eigenvalue weighted by atomic mass is 9.95. The summed E-state index contributed by atoms with van der Waals surface area (Å²) in [5, 5.41) is 18.3. The Morgan fingerprint density at radius 2 is 1.79 bits per heavy atom. The van der Waals surface area contributed by atoms with E-state index < -0.39 is 23.9 Å². The molecule has 3 N–H and O–H groups in total. The Balaban J connectivity index is 1.53. The molecular weight excluding hydrogens is 473 g/mol. The fourth-order valence-corrected chi connectivity index (χ4v) is 5.69. The Labute approximate surface area is 198 Å². The van der Waals surface area contributed by atoms with Crippen LogP contribution in [-0.2, 0) is 43.2 Å². The number of anilines is 1. The van der Waals surface area contributed by atoms with Crippen LogP contribution in [0.15, 0.2) is 0 Å². The molecule has 186 valence electrons. The standard InChI is InChI=1S/C22H27F3N4O4S/c23-22(24,25)19-13-6-1-3-8-15(13)29(28-19)12-17(31)27-20-18(33-21(32)26-10-5-11-30)14-7-2-4-9-16(14)34-20/h30H,1-12H2,(H,26,32)(H,27,31). The molecule has 2 aliphatic carbocycles. The summed E-state index contributed by atoms with van der Waals surface area (Å²) < 4.78 is 47.0. The number of aliphatic hydroxyl groups excluding tert-OH is 1. The number of thiophene rings is 1. The smallest absolute Gasteiger partial charge is 0.407 e. The highest BCUT2D eigenvalue weighted by molar-refractivity contribution is 7.17. The fraction of sp³-hybridized carbons (Fsp3) is 0.591. The van der Waals surface area contributed by atoms with E-state index in [1.54, 1.807) is 0 Å². The number of alkyl halides is 3. The molecule has 2 aromatic rings. The topological polar surface area (TPSA) is 105 Å². The normalized spacial score (nSPS) is 15.4. The van der Waals surface area contributed by atoms with Crippen molar-refractivity contribution in [1.82, 2.24) is 15.1 Å². The quantitative estimate of drug-likeness (QED) is 0.501. The van der Waals surface area contributed by atoms with Gasteiger partial charge in [0.2, 0.25) is 5.91 Å². The molecule has 0 fully saturated rings. The predicted molar refractivity (Wildman–Crippen MR) is 119 cm³/mol. The van der Waals surface area contributed by atoms with E-state index in [1.165, 1.54) is 11.3 Å². The summed E-state index contributed by atoms with van der Waals surface area (Å²) in [6.45, 7) is -0.180. The molecule has 2 aromatic heterocycles. The molecule has 0 saturated heterocycles. The maximum absolute atomic E-state index is 13.4.